The second kappa shape index (κ2) is 11.8. The fraction of sp³-hybridized carbons (Fsp3) is 0.917. The molecular formula is C12H24O5. The van der Waals surface area contributed by atoms with Crippen molar-refractivity contribution in [2.45, 2.75) is 20.8 Å². The zero-order chi connectivity index (χ0) is 12.9. The maximum absolute atomic E-state index is 11.4. The van der Waals surface area contributed by atoms with Crippen LogP contribution in [-0.2, 0) is 23.7 Å². The lowest BCUT2D eigenvalue weighted by Crippen LogP contribution is -2.22. The summed E-state index contributed by atoms with van der Waals surface area (Å²) in [5.74, 6) is -0.501. The van der Waals surface area contributed by atoms with Crippen molar-refractivity contribution in [1.29, 1.82) is 0 Å². The van der Waals surface area contributed by atoms with Crippen molar-refractivity contribution in [3.63, 3.8) is 0 Å². The Hall–Kier alpha value is -0.650. The van der Waals surface area contributed by atoms with Gasteiger partial charge in [-0.15, -0.1) is 0 Å². The van der Waals surface area contributed by atoms with Crippen LogP contribution in [0.4, 0.5) is 0 Å². The number of carbonyl (C=O) groups is 1. The third kappa shape index (κ3) is 10.2. The summed E-state index contributed by atoms with van der Waals surface area (Å²) in [4.78, 5) is 11.4. The van der Waals surface area contributed by atoms with Gasteiger partial charge < -0.3 is 18.9 Å². The van der Waals surface area contributed by atoms with Crippen molar-refractivity contribution < 1.29 is 23.7 Å². The smallest absolute Gasteiger partial charge is 0.311 e. The van der Waals surface area contributed by atoms with E-state index in [1.54, 1.807) is 6.92 Å². The predicted molar refractivity (Wildman–Crippen MR) is 63.9 cm³/mol. The Kier molecular flexibility index (Phi) is 11.4. The van der Waals surface area contributed by atoms with E-state index in [0.29, 0.717) is 46.2 Å². The topological polar surface area (TPSA) is 54.0 Å². The second-order valence-corrected chi connectivity index (χ2v) is 3.54. The molecule has 0 aromatic heterocycles. The minimum absolute atomic E-state index is 0.249. The SMILES string of the molecule is CCOCCOCC(C)C(=O)OCCOCC. The molecule has 0 N–H and O–H groups in total. The number of rotatable bonds is 11. The molecule has 0 aliphatic carbocycles. The molecule has 1 unspecified atom stereocenters. The largest absolute Gasteiger partial charge is 0.463 e. The van der Waals surface area contributed by atoms with Gasteiger partial charge in [0.1, 0.15) is 6.61 Å². The molecule has 0 aromatic carbocycles. The van der Waals surface area contributed by atoms with E-state index in [-0.39, 0.29) is 11.9 Å². The minimum Gasteiger partial charge on any atom is -0.463 e. The summed E-state index contributed by atoms with van der Waals surface area (Å²) in [6.07, 6.45) is 0. The maximum atomic E-state index is 11.4. The van der Waals surface area contributed by atoms with Gasteiger partial charge in [-0.1, -0.05) is 0 Å². The van der Waals surface area contributed by atoms with E-state index < -0.39 is 0 Å². The van der Waals surface area contributed by atoms with E-state index in [2.05, 4.69) is 0 Å². The first-order valence-electron chi connectivity index (χ1n) is 6.12. The van der Waals surface area contributed by atoms with Crippen LogP contribution in [0.5, 0.6) is 0 Å². The quantitative estimate of drug-likeness (QED) is 0.407. The van der Waals surface area contributed by atoms with Gasteiger partial charge in [-0.25, -0.2) is 0 Å². The number of hydrogen-bond donors (Lipinski definition) is 0. The van der Waals surface area contributed by atoms with Crippen LogP contribution in [0.2, 0.25) is 0 Å². The molecule has 0 spiro atoms. The summed E-state index contributed by atoms with van der Waals surface area (Å²) >= 11 is 0. The Labute approximate surface area is 103 Å². The highest BCUT2D eigenvalue weighted by Crippen LogP contribution is 1.99. The van der Waals surface area contributed by atoms with E-state index in [0.717, 1.165) is 0 Å². The monoisotopic (exact) mass is 248 g/mol. The Morgan fingerprint density at radius 1 is 0.941 bits per heavy atom. The highest BCUT2D eigenvalue weighted by atomic mass is 16.6. The van der Waals surface area contributed by atoms with Gasteiger partial charge in [-0.05, 0) is 20.8 Å². The molecule has 0 saturated carbocycles. The molecule has 5 heteroatoms. The van der Waals surface area contributed by atoms with E-state index in [1.165, 1.54) is 0 Å². The fourth-order valence-corrected chi connectivity index (χ4v) is 1.08. The zero-order valence-corrected chi connectivity index (χ0v) is 11.1. The van der Waals surface area contributed by atoms with Crippen molar-refractivity contribution in [3.05, 3.63) is 0 Å². The Bertz CT molecular complexity index is 184. The maximum Gasteiger partial charge on any atom is 0.311 e. The van der Waals surface area contributed by atoms with Gasteiger partial charge in [-0.2, -0.15) is 0 Å². The molecular weight excluding hydrogens is 224 g/mol. The lowest BCUT2D eigenvalue weighted by molar-refractivity contribution is -0.151. The highest BCUT2D eigenvalue weighted by Gasteiger charge is 2.14. The van der Waals surface area contributed by atoms with Gasteiger partial charge in [0.2, 0.25) is 0 Å². The van der Waals surface area contributed by atoms with Crippen LogP contribution in [-0.4, -0.2) is 52.2 Å². The molecule has 0 aliphatic rings. The van der Waals surface area contributed by atoms with Gasteiger partial charge in [-0.3, -0.25) is 4.79 Å². The van der Waals surface area contributed by atoms with Gasteiger partial charge >= 0.3 is 5.97 Å². The second-order valence-electron chi connectivity index (χ2n) is 3.54. The molecule has 1 atom stereocenters. The van der Waals surface area contributed by atoms with Crippen LogP contribution < -0.4 is 0 Å². The number of esters is 1. The molecule has 17 heavy (non-hydrogen) atoms. The first-order chi connectivity index (χ1) is 8.22. The third-order valence-electron chi connectivity index (χ3n) is 2.02. The fourth-order valence-electron chi connectivity index (χ4n) is 1.08. The first-order valence-corrected chi connectivity index (χ1v) is 6.12. The molecule has 5 nitrogen and oxygen atoms in total. The van der Waals surface area contributed by atoms with Crippen LogP contribution >= 0.6 is 0 Å². The summed E-state index contributed by atoms with van der Waals surface area (Å²) in [5.41, 5.74) is 0. The van der Waals surface area contributed by atoms with Crippen molar-refractivity contribution in [2.24, 2.45) is 5.92 Å². The van der Waals surface area contributed by atoms with Crippen LogP contribution in [0.3, 0.4) is 0 Å². The van der Waals surface area contributed by atoms with E-state index in [9.17, 15) is 4.79 Å². The molecule has 102 valence electrons. The Balaban J connectivity index is 3.40. The van der Waals surface area contributed by atoms with Gasteiger partial charge in [0.15, 0.2) is 0 Å². The lowest BCUT2D eigenvalue weighted by atomic mass is 10.2. The van der Waals surface area contributed by atoms with Crippen molar-refractivity contribution in [1.82, 2.24) is 0 Å². The molecule has 0 bridgehead atoms. The molecule has 0 amide bonds. The van der Waals surface area contributed by atoms with Gasteiger partial charge in [0.05, 0.1) is 32.3 Å². The summed E-state index contributed by atoms with van der Waals surface area (Å²) in [7, 11) is 0. The van der Waals surface area contributed by atoms with E-state index in [1.807, 2.05) is 13.8 Å². The number of carbonyl (C=O) groups excluding carboxylic acids is 1. The van der Waals surface area contributed by atoms with Crippen molar-refractivity contribution in [3.8, 4) is 0 Å². The van der Waals surface area contributed by atoms with E-state index in [4.69, 9.17) is 18.9 Å². The normalized spacial score (nSPS) is 12.4. The molecule has 0 saturated heterocycles. The van der Waals surface area contributed by atoms with Crippen molar-refractivity contribution >= 4 is 5.97 Å². The van der Waals surface area contributed by atoms with Crippen molar-refractivity contribution in [2.75, 3.05) is 46.2 Å². The summed E-state index contributed by atoms with van der Waals surface area (Å²) in [6, 6.07) is 0. The molecule has 0 radical (unpaired) electrons. The predicted octanol–water partition coefficient (Wildman–Crippen LogP) is 1.26. The van der Waals surface area contributed by atoms with Gasteiger partial charge in [0.25, 0.3) is 0 Å². The minimum atomic E-state index is -0.252. The van der Waals surface area contributed by atoms with Gasteiger partial charge in [0, 0.05) is 13.2 Å². The lowest BCUT2D eigenvalue weighted by Gasteiger charge is -2.12. The van der Waals surface area contributed by atoms with Crippen LogP contribution in [0.1, 0.15) is 20.8 Å². The van der Waals surface area contributed by atoms with E-state index >= 15 is 0 Å². The first kappa shape index (κ1) is 16.4. The molecule has 0 fully saturated rings. The number of ether oxygens (including phenoxy) is 4. The number of hydrogen-bond acceptors (Lipinski definition) is 5. The highest BCUT2D eigenvalue weighted by molar-refractivity contribution is 5.72. The average molecular weight is 248 g/mol. The molecule has 0 aromatic rings. The molecule has 0 heterocycles. The summed E-state index contributed by atoms with van der Waals surface area (Å²) in [6.45, 7) is 9.09. The third-order valence-corrected chi connectivity index (χ3v) is 2.02. The van der Waals surface area contributed by atoms with Crippen LogP contribution in [0.15, 0.2) is 0 Å². The zero-order valence-electron chi connectivity index (χ0n) is 11.1. The summed E-state index contributed by atoms with van der Waals surface area (Å²) in [5, 5.41) is 0. The Morgan fingerprint density at radius 2 is 1.47 bits per heavy atom. The van der Waals surface area contributed by atoms with Crippen LogP contribution in [0.25, 0.3) is 0 Å². The Morgan fingerprint density at radius 3 is 2.06 bits per heavy atom. The molecule has 0 aliphatic heterocycles. The standard InChI is InChI=1S/C12H24O5/c1-4-14-6-7-16-10-11(3)12(13)17-9-8-15-5-2/h11H,4-10H2,1-3H3. The molecule has 0 rings (SSSR count). The van der Waals surface area contributed by atoms with Crippen LogP contribution in [0, 0.1) is 5.92 Å². The summed E-state index contributed by atoms with van der Waals surface area (Å²) < 4.78 is 20.5. The average Bonchev–Trinajstić information content (AvgIpc) is 2.34.